The van der Waals surface area contributed by atoms with Crippen LogP contribution in [0.25, 0.3) is 0 Å². The highest BCUT2D eigenvalue weighted by atomic mass is 16.5. The van der Waals surface area contributed by atoms with E-state index >= 15 is 0 Å². The average Bonchev–Trinajstić information content (AvgIpc) is 2.38. The van der Waals surface area contributed by atoms with Crippen molar-refractivity contribution in [3.05, 3.63) is 17.5 Å². The Bertz CT molecular complexity index is 460. The fraction of sp³-hybridized carbons (Fsp3) is 0.615. The fourth-order valence-electron chi connectivity index (χ4n) is 2.32. The second-order valence-corrected chi connectivity index (χ2v) is 4.77. The minimum atomic E-state index is -0.0230. The van der Waals surface area contributed by atoms with Crippen LogP contribution in [-0.4, -0.2) is 41.6 Å². The predicted octanol–water partition coefficient (Wildman–Crippen LogP) is 1.07. The molecule has 1 aromatic heterocycles. The molecule has 0 saturated carbocycles. The molecule has 0 radical (unpaired) electrons. The van der Waals surface area contributed by atoms with Gasteiger partial charge in [-0.05, 0) is 32.8 Å². The standard InChI is InChI=1S/C13H21N5O/c1-3-19-10-5-4-6-18(8-10)13-16-9(2)7-11(17-13)12(14)15/h7,10H,3-6,8H2,1-2H3,(H3,14,15). The highest BCUT2D eigenvalue weighted by Gasteiger charge is 2.22. The fourth-order valence-corrected chi connectivity index (χ4v) is 2.32. The van der Waals surface area contributed by atoms with Crippen molar-refractivity contribution in [1.82, 2.24) is 9.97 Å². The summed E-state index contributed by atoms with van der Waals surface area (Å²) in [4.78, 5) is 10.9. The lowest BCUT2D eigenvalue weighted by Gasteiger charge is -2.32. The molecule has 6 heteroatoms. The molecular formula is C13H21N5O. The third-order valence-corrected chi connectivity index (χ3v) is 3.18. The smallest absolute Gasteiger partial charge is 0.226 e. The second kappa shape index (κ2) is 5.97. The third kappa shape index (κ3) is 3.41. The summed E-state index contributed by atoms with van der Waals surface area (Å²) in [5.74, 6) is 0.625. The molecule has 1 fully saturated rings. The molecule has 104 valence electrons. The molecule has 0 spiro atoms. The van der Waals surface area contributed by atoms with Gasteiger partial charge in [0.25, 0.3) is 0 Å². The number of rotatable bonds is 4. The highest BCUT2D eigenvalue weighted by Crippen LogP contribution is 2.18. The molecule has 6 nitrogen and oxygen atoms in total. The third-order valence-electron chi connectivity index (χ3n) is 3.18. The summed E-state index contributed by atoms with van der Waals surface area (Å²) in [5, 5.41) is 7.49. The first kappa shape index (κ1) is 13.7. The van der Waals surface area contributed by atoms with Gasteiger partial charge in [0.05, 0.1) is 6.10 Å². The van der Waals surface area contributed by atoms with Crippen LogP contribution in [-0.2, 0) is 4.74 Å². The molecule has 0 aromatic carbocycles. The van der Waals surface area contributed by atoms with E-state index in [9.17, 15) is 0 Å². The summed E-state index contributed by atoms with van der Waals surface area (Å²) in [7, 11) is 0. The lowest BCUT2D eigenvalue weighted by Crippen LogP contribution is -2.41. The van der Waals surface area contributed by atoms with Crippen molar-refractivity contribution >= 4 is 11.8 Å². The first-order valence-electron chi connectivity index (χ1n) is 6.66. The Balaban J connectivity index is 2.18. The maximum Gasteiger partial charge on any atom is 0.226 e. The number of hydrogen-bond donors (Lipinski definition) is 2. The molecule has 3 N–H and O–H groups in total. The van der Waals surface area contributed by atoms with Crippen LogP contribution in [0.15, 0.2) is 6.07 Å². The Morgan fingerprint density at radius 2 is 2.37 bits per heavy atom. The number of hydrogen-bond acceptors (Lipinski definition) is 5. The summed E-state index contributed by atoms with van der Waals surface area (Å²) >= 11 is 0. The van der Waals surface area contributed by atoms with Crippen molar-refractivity contribution in [3.8, 4) is 0 Å². The van der Waals surface area contributed by atoms with E-state index in [2.05, 4.69) is 14.9 Å². The SMILES string of the molecule is CCOC1CCCN(c2nc(C)cc(C(=N)N)n2)C1. The molecule has 0 aliphatic carbocycles. The number of nitrogens with zero attached hydrogens (tertiary/aromatic N) is 3. The van der Waals surface area contributed by atoms with Gasteiger partial charge in [-0.15, -0.1) is 0 Å². The number of aromatic nitrogens is 2. The zero-order chi connectivity index (χ0) is 13.8. The van der Waals surface area contributed by atoms with Crippen molar-refractivity contribution < 1.29 is 4.74 Å². The molecule has 19 heavy (non-hydrogen) atoms. The largest absolute Gasteiger partial charge is 0.382 e. The number of nitrogens with one attached hydrogen (secondary N) is 1. The van der Waals surface area contributed by atoms with Crippen LogP contribution in [0.5, 0.6) is 0 Å². The number of amidine groups is 1. The van der Waals surface area contributed by atoms with Gasteiger partial charge < -0.3 is 15.4 Å². The first-order valence-corrected chi connectivity index (χ1v) is 6.66. The van der Waals surface area contributed by atoms with Crippen LogP contribution in [0.3, 0.4) is 0 Å². The number of aryl methyl sites for hydroxylation is 1. The van der Waals surface area contributed by atoms with Crippen molar-refractivity contribution in [1.29, 1.82) is 5.41 Å². The Morgan fingerprint density at radius 1 is 1.58 bits per heavy atom. The van der Waals surface area contributed by atoms with E-state index in [4.69, 9.17) is 15.9 Å². The number of piperidine rings is 1. The highest BCUT2D eigenvalue weighted by molar-refractivity contribution is 5.93. The number of anilines is 1. The van der Waals surface area contributed by atoms with Crippen molar-refractivity contribution in [3.63, 3.8) is 0 Å². The maximum absolute atomic E-state index is 7.49. The van der Waals surface area contributed by atoms with E-state index in [0.29, 0.717) is 11.6 Å². The summed E-state index contributed by atoms with van der Waals surface area (Å²) < 4.78 is 5.68. The van der Waals surface area contributed by atoms with Crippen molar-refractivity contribution in [2.75, 3.05) is 24.6 Å². The van der Waals surface area contributed by atoms with Gasteiger partial charge in [0.2, 0.25) is 5.95 Å². The normalized spacial score (nSPS) is 19.5. The predicted molar refractivity (Wildman–Crippen MR) is 74.6 cm³/mol. The zero-order valence-electron chi connectivity index (χ0n) is 11.5. The van der Waals surface area contributed by atoms with E-state index < -0.39 is 0 Å². The molecule has 1 aromatic rings. The molecule has 1 aliphatic heterocycles. The molecular weight excluding hydrogens is 242 g/mol. The minimum Gasteiger partial charge on any atom is -0.382 e. The average molecular weight is 263 g/mol. The Kier molecular flexibility index (Phi) is 4.31. The quantitative estimate of drug-likeness (QED) is 0.626. The molecule has 1 atom stereocenters. The molecule has 1 aliphatic rings. The summed E-state index contributed by atoms with van der Waals surface area (Å²) in [6, 6.07) is 1.73. The lowest BCUT2D eigenvalue weighted by atomic mass is 10.1. The van der Waals surface area contributed by atoms with Crippen LogP contribution in [0.2, 0.25) is 0 Å². The van der Waals surface area contributed by atoms with Crippen LogP contribution in [0, 0.1) is 12.3 Å². The van der Waals surface area contributed by atoms with Crippen molar-refractivity contribution in [2.45, 2.75) is 32.8 Å². The van der Waals surface area contributed by atoms with Crippen LogP contribution in [0.1, 0.15) is 31.2 Å². The topological polar surface area (TPSA) is 88.1 Å². The molecule has 0 amide bonds. The molecule has 1 saturated heterocycles. The van der Waals surface area contributed by atoms with Crippen molar-refractivity contribution in [2.24, 2.45) is 5.73 Å². The molecule has 0 bridgehead atoms. The van der Waals surface area contributed by atoms with Gasteiger partial charge >= 0.3 is 0 Å². The molecule has 2 heterocycles. The Hall–Kier alpha value is -1.69. The molecule has 2 rings (SSSR count). The summed E-state index contributed by atoms with van der Waals surface area (Å²) in [5.41, 5.74) is 6.82. The summed E-state index contributed by atoms with van der Waals surface area (Å²) in [6.45, 7) is 6.35. The number of ether oxygens (including phenoxy) is 1. The van der Waals surface area contributed by atoms with E-state index in [1.165, 1.54) is 0 Å². The lowest BCUT2D eigenvalue weighted by molar-refractivity contribution is 0.0523. The van der Waals surface area contributed by atoms with E-state index in [1.807, 2.05) is 13.8 Å². The van der Waals surface area contributed by atoms with Crippen LogP contribution < -0.4 is 10.6 Å². The second-order valence-electron chi connectivity index (χ2n) is 4.77. The van der Waals surface area contributed by atoms with Crippen LogP contribution in [0.4, 0.5) is 5.95 Å². The monoisotopic (exact) mass is 263 g/mol. The number of nitrogen functional groups attached to an aromatic ring is 1. The van der Waals surface area contributed by atoms with E-state index in [-0.39, 0.29) is 11.9 Å². The minimum absolute atomic E-state index is 0.0230. The molecule has 1 unspecified atom stereocenters. The van der Waals surface area contributed by atoms with Crippen LogP contribution >= 0.6 is 0 Å². The number of nitrogens with two attached hydrogens (primary N) is 1. The Labute approximate surface area is 113 Å². The maximum atomic E-state index is 7.49. The van der Waals surface area contributed by atoms with Gasteiger partial charge in [-0.3, -0.25) is 5.41 Å². The van der Waals surface area contributed by atoms with Gasteiger partial charge in [-0.2, -0.15) is 0 Å². The van der Waals surface area contributed by atoms with Gasteiger partial charge in [0, 0.05) is 25.4 Å². The van der Waals surface area contributed by atoms with E-state index in [0.717, 1.165) is 38.2 Å². The Morgan fingerprint density at radius 3 is 3.05 bits per heavy atom. The van der Waals surface area contributed by atoms with Gasteiger partial charge in [0.15, 0.2) is 0 Å². The van der Waals surface area contributed by atoms with E-state index in [1.54, 1.807) is 6.07 Å². The van der Waals surface area contributed by atoms with Gasteiger partial charge in [0.1, 0.15) is 11.5 Å². The first-order chi connectivity index (χ1) is 9.10. The zero-order valence-corrected chi connectivity index (χ0v) is 11.5. The summed E-state index contributed by atoms with van der Waals surface area (Å²) in [6.07, 6.45) is 2.39. The van der Waals surface area contributed by atoms with Gasteiger partial charge in [-0.1, -0.05) is 0 Å². The van der Waals surface area contributed by atoms with Gasteiger partial charge in [-0.25, -0.2) is 9.97 Å².